The minimum Gasteiger partial charge on any atom is -0.342 e. The third-order valence-electron chi connectivity index (χ3n) is 4.79. The largest absolute Gasteiger partial charge is 0.342 e. The molecule has 1 heterocycles. The molecular weight excluding hydrogens is 236 g/mol. The van der Waals surface area contributed by atoms with Crippen molar-refractivity contribution < 1.29 is 4.79 Å². The minimum atomic E-state index is 0.356. The maximum atomic E-state index is 12.4. The van der Waals surface area contributed by atoms with E-state index in [0.29, 0.717) is 18.5 Å². The highest BCUT2D eigenvalue weighted by molar-refractivity contribution is 5.78. The number of carbonyl (C=O) groups excluding carboxylic acids is 1. The van der Waals surface area contributed by atoms with Crippen LogP contribution in [-0.2, 0) is 4.79 Å². The lowest BCUT2D eigenvalue weighted by molar-refractivity contribution is -0.133. The fraction of sp³-hybridized carbons (Fsp3) is 0.938. The van der Waals surface area contributed by atoms with Crippen molar-refractivity contribution >= 4 is 5.91 Å². The molecule has 0 radical (unpaired) electrons. The molecule has 0 N–H and O–H groups in total. The van der Waals surface area contributed by atoms with E-state index in [1.807, 2.05) is 0 Å². The molecule has 0 atom stereocenters. The zero-order chi connectivity index (χ0) is 13.5. The van der Waals surface area contributed by atoms with Gasteiger partial charge in [-0.1, -0.05) is 38.5 Å². The van der Waals surface area contributed by atoms with E-state index in [1.165, 1.54) is 64.2 Å². The van der Waals surface area contributed by atoms with E-state index in [2.05, 4.69) is 16.8 Å². The van der Waals surface area contributed by atoms with Gasteiger partial charge in [-0.2, -0.15) is 0 Å². The fourth-order valence-electron chi connectivity index (χ4n) is 3.46. The van der Waals surface area contributed by atoms with Gasteiger partial charge in [-0.05, 0) is 32.7 Å². The molecule has 19 heavy (non-hydrogen) atoms. The third-order valence-corrected chi connectivity index (χ3v) is 4.79. The average molecular weight is 266 g/mol. The fourth-order valence-corrected chi connectivity index (χ4v) is 3.46. The molecule has 0 spiro atoms. The van der Waals surface area contributed by atoms with Crippen LogP contribution in [0.15, 0.2) is 0 Å². The Balaban J connectivity index is 1.77. The van der Waals surface area contributed by atoms with Gasteiger partial charge < -0.3 is 4.90 Å². The molecule has 2 fully saturated rings. The number of hydrogen-bond donors (Lipinski definition) is 0. The lowest BCUT2D eigenvalue weighted by Gasteiger charge is -2.33. The zero-order valence-electron chi connectivity index (χ0n) is 12.6. The molecule has 1 aliphatic carbocycles. The minimum absolute atomic E-state index is 0.356. The molecule has 3 nitrogen and oxygen atoms in total. The maximum absolute atomic E-state index is 12.4. The van der Waals surface area contributed by atoms with Crippen molar-refractivity contribution in [1.82, 2.24) is 9.80 Å². The summed E-state index contributed by atoms with van der Waals surface area (Å²) in [4.78, 5) is 16.8. The highest BCUT2D eigenvalue weighted by Gasteiger charge is 2.22. The molecule has 1 amide bonds. The Morgan fingerprint density at radius 3 is 2.11 bits per heavy atom. The predicted molar refractivity (Wildman–Crippen MR) is 79.2 cm³/mol. The van der Waals surface area contributed by atoms with Gasteiger partial charge in [0.15, 0.2) is 0 Å². The SMILES string of the molecule is CN(CC(=O)N1CCCCCCC1)C1CCCCC1. The molecular formula is C16H30N2O. The van der Waals surface area contributed by atoms with Gasteiger partial charge in [0.05, 0.1) is 6.54 Å². The topological polar surface area (TPSA) is 23.6 Å². The van der Waals surface area contributed by atoms with Crippen LogP contribution in [0, 0.1) is 0 Å². The van der Waals surface area contributed by atoms with Crippen molar-refractivity contribution in [3.05, 3.63) is 0 Å². The zero-order valence-corrected chi connectivity index (χ0v) is 12.6. The first kappa shape index (κ1) is 14.8. The summed E-state index contributed by atoms with van der Waals surface area (Å²) in [6, 6.07) is 0.646. The van der Waals surface area contributed by atoms with E-state index in [1.54, 1.807) is 0 Å². The Labute approximate surface area is 118 Å². The maximum Gasteiger partial charge on any atom is 0.236 e. The second-order valence-corrected chi connectivity index (χ2v) is 6.36. The van der Waals surface area contributed by atoms with Gasteiger partial charge in [0.1, 0.15) is 0 Å². The van der Waals surface area contributed by atoms with Gasteiger partial charge in [-0.15, -0.1) is 0 Å². The van der Waals surface area contributed by atoms with Gasteiger partial charge in [0.25, 0.3) is 0 Å². The summed E-state index contributed by atoms with van der Waals surface area (Å²) in [5.74, 6) is 0.356. The quantitative estimate of drug-likeness (QED) is 0.784. The van der Waals surface area contributed by atoms with Gasteiger partial charge in [-0.3, -0.25) is 9.69 Å². The van der Waals surface area contributed by atoms with Crippen LogP contribution in [0.1, 0.15) is 64.2 Å². The van der Waals surface area contributed by atoms with Crippen LogP contribution in [0.4, 0.5) is 0 Å². The average Bonchev–Trinajstić information content (AvgIpc) is 2.39. The molecule has 3 heteroatoms. The normalized spacial score (nSPS) is 23.2. The second kappa shape index (κ2) is 7.88. The van der Waals surface area contributed by atoms with Crippen LogP contribution in [0.2, 0.25) is 0 Å². The van der Waals surface area contributed by atoms with Crippen molar-refractivity contribution in [2.75, 3.05) is 26.7 Å². The van der Waals surface area contributed by atoms with E-state index in [-0.39, 0.29) is 0 Å². The molecule has 0 bridgehead atoms. The number of carbonyl (C=O) groups is 1. The van der Waals surface area contributed by atoms with Crippen molar-refractivity contribution in [3.63, 3.8) is 0 Å². The Hall–Kier alpha value is -0.570. The first-order valence-electron chi connectivity index (χ1n) is 8.25. The van der Waals surface area contributed by atoms with Crippen LogP contribution in [0.3, 0.4) is 0 Å². The Kier molecular flexibility index (Phi) is 6.15. The van der Waals surface area contributed by atoms with Gasteiger partial charge in [-0.25, -0.2) is 0 Å². The van der Waals surface area contributed by atoms with Gasteiger partial charge in [0, 0.05) is 19.1 Å². The van der Waals surface area contributed by atoms with Gasteiger partial charge in [0.2, 0.25) is 5.91 Å². The van der Waals surface area contributed by atoms with Crippen molar-refractivity contribution in [1.29, 1.82) is 0 Å². The number of rotatable bonds is 3. The van der Waals surface area contributed by atoms with E-state index >= 15 is 0 Å². The molecule has 0 aromatic carbocycles. The van der Waals surface area contributed by atoms with E-state index in [9.17, 15) is 4.79 Å². The number of likely N-dealkylation sites (N-methyl/N-ethyl adjacent to an activating group) is 1. The second-order valence-electron chi connectivity index (χ2n) is 6.36. The first-order chi connectivity index (χ1) is 9.27. The van der Waals surface area contributed by atoms with Crippen molar-refractivity contribution in [2.45, 2.75) is 70.3 Å². The van der Waals surface area contributed by atoms with Crippen LogP contribution in [0.5, 0.6) is 0 Å². The summed E-state index contributed by atoms with van der Waals surface area (Å²) in [7, 11) is 2.14. The highest BCUT2D eigenvalue weighted by Crippen LogP contribution is 2.21. The van der Waals surface area contributed by atoms with Crippen molar-refractivity contribution in [3.8, 4) is 0 Å². The van der Waals surface area contributed by atoms with Crippen LogP contribution in [0.25, 0.3) is 0 Å². The van der Waals surface area contributed by atoms with E-state index in [0.717, 1.165) is 13.1 Å². The highest BCUT2D eigenvalue weighted by atomic mass is 16.2. The van der Waals surface area contributed by atoms with E-state index in [4.69, 9.17) is 0 Å². The molecule has 2 aliphatic rings. The van der Waals surface area contributed by atoms with Crippen LogP contribution >= 0.6 is 0 Å². The Bertz CT molecular complexity index is 266. The van der Waals surface area contributed by atoms with Crippen LogP contribution < -0.4 is 0 Å². The molecule has 0 unspecified atom stereocenters. The number of hydrogen-bond acceptors (Lipinski definition) is 2. The lowest BCUT2D eigenvalue weighted by Crippen LogP contribution is -2.44. The Morgan fingerprint density at radius 1 is 0.947 bits per heavy atom. The molecule has 1 aliphatic heterocycles. The number of likely N-dealkylation sites (tertiary alicyclic amines) is 1. The van der Waals surface area contributed by atoms with Crippen molar-refractivity contribution in [2.24, 2.45) is 0 Å². The molecule has 0 aromatic rings. The molecule has 110 valence electrons. The van der Waals surface area contributed by atoms with Crippen LogP contribution in [-0.4, -0.2) is 48.4 Å². The summed E-state index contributed by atoms with van der Waals surface area (Å²) >= 11 is 0. The molecule has 0 aromatic heterocycles. The molecule has 1 saturated heterocycles. The predicted octanol–water partition coefficient (Wildman–Crippen LogP) is 3.04. The summed E-state index contributed by atoms with van der Waals surface area (Å²) in [6.45, 7) is 2.60. The number of nitrogens with zero attached hydrogens (tertiary/aromatic N) is 2. The standard InChI is InChI=1S/C16H30N2O/c1-17(15-10-6-5-7-11-15)14-16(19)18-12-8-3-2-4-9-13-18/h15H,2-14H2,1H3. The first-order valence-corrected chi connectivity index (χ1v) is 8.25. The summed E-state index contributed by atoms with van der Waals surface area (Å²) in [5, 5.41) is 0. The van der Waals surface area contributed by atoms with Gasteiger partial charge >= 0.3 is 0 Å². The lowest BCUT2D eigenvalue weighted by atomic mass is 9.94. The third kappa shape index (κ3) is 4.79. The number of amides is 1. The molecule has 1 saturated carbocycles. The monoisotopic (exact) mass is 266 g/mol. The summed E-state index contributed by atoms with van der Waals surface area (Å²) < 4.78 is 0. The summed E-state index contributed by atoms with van der Waals surface area (Å²) in [6.07, 6.45) is 12.9. The smallest absolute Gasteiger partial charge is 0.236 e. The summed E-state index contributed by atoms with van der Waals surface area (Å²) in [5.41, 5.74) is 0. The Morgan fingerprint density at radius 2 is 1.47 bits per heavy atom. The van der Waals surface area contributed by atoms with E-state index < -0.39 is 0 Å². The molecule has 2 rings (SSSR count).